The average molecular weight is 351 g/mol. The summed E-state index contributed by atoms with van der Waals surface area (Å²) in [5, 5.41) is 13.9. The minimum atomic E-state index is -4.08. The lowest BCUT2D eigenvalue weighted by Gasteiger charge is -2.13. The number of sulfonamides is 2. The average Bonchev–Trinajstić information content (AvgIpc) is 2.45. The van der Waals surface area contributed by atoms with E-state index in [1.165, 1.54) is 42.5 Å². The van der Waals surface area contributed by atoms with Gasteiger partial charge in [-0.15, -0.1) is 0 Å². The van der Waals surface area contributed by atoms with E-state index in [-0.39, 0.29) is 15.5 Å². The van der Waals surface area contributed by atoms with Crippen molar-refractivity contribution in [2.75, 3.05) is 4.72 Å². The Bertz CT molecular complexity index is 1010. The fourth-order valence-corrected chi connectivity index (χ4v) is 4.09. The molecule has 0 heterocycles. The Morgan fingerprint density at radius 2 is 1.70 bits per heavy atom. The zero-order valence-corrected chi connectivity index (χ0v) is 13.6. The molecule has 2 aromatic carbocycles. The molecular formula is C14H13N3O4S2. The molecule has 0 unspecified atom stereocenters. The van der Waals surface area contributed by atoms with Crippen LogP contribution in [0, 0.1) is 18.3 Å². The predicted molar refractivity (Wildman–Crippen MR) is 84.5 cm³/mol. The van der Waals surface area contributed by atoms with Gasteiger partial charge in [-0.3, -0.25) is 4.72 Å². The van der Waals surface area contributed by atoms with Crippen molar-refractivity contribution in [3.05, 3.63) is 53.6 Å². The molecule has 0 aliphatic carbocycles. The highest BCUT2D eigenvalue weighted by atomic mass is 32.2. The number of hydrogen-bond acceptors (Lipinski definition) is 5. The van der Waals surface area contributed by atoms with Crippen LogP contribution >= 0.6 is 0 Å². The first-order valence-electron chi connectivity index (χ1n) is 6.30. The molecule has 0 spiro atoms. The molecule has 7 nitrogen and oxygen atoms in total. The van der Waals surface area contributed by atoms with Crippen LogP contribution in [0.25, 0.3) is 0 Å². The summed E-state index contributed by atoms with van der Waals surface area (Å²) in [5.41, 5.74) is 0.551. The molecule has 0 aromatic heterocycles. The van der Waals surface area contributed by atoms with Gasteiger partial charge >= 0.3 is 0 Å². The van der Waals surface area contributed by atoms with Gasteiger partial charge in [0.15, 0.2) is 0 Å². The molecule has 3 N–H and O–H groups in total. The van der Waals surface area contributed by atoms with Gasteiger partial charge in [-0.25, -0.2) is 22.0 Å². The maximum absolute atomic E-state index is 12.5. The van der Waals surface area contributed by atoms with E-state index in [2.05, 4.69) is 4.72 Å². The number of nitrogens with one attached hydrogen (secondary N) is 1. The molecule has 0 atom stereocenters. The van der Waals surface area contributed by atoms with Gasteiger partial charge in [0.2, 0.25) is 10.0 Å². The second kappa shape index (κ2) is 6.00. The quantitative estimate of drug-likeness (QED) is 0.857. The fourth-order valence-electron chi connectivity index (χ4n) is 2.02. The molecule has 2 rings (SSSR count). The predicted octanol–water partition coefficient (Wildman–Crippen LogP) is 1.31. The lowest BCUT2D eigenvalue weighted by Crippen LogP contribution is -2.19. The summed E-state index contributed by atoms with van der Waals surface area (Å²) in [5.74, 6) is 0. The largest absolute Gasteiger partial charge is 0.278 e. The summed E-state index contributed by atoms with van der Waals surface area (Å²) in [7, 11) is -8.11. The number of para-hydroxylation sites is 1. The second-order valence-electron chi connectivity index (χ2n) is 4.74. The van der Waals surface area contributed by atoms with E-state index in [0.29, 0.717) is 11.1 Å². The zero-order valence-electron chi connectivity index (χ0n) is 12.0. The lowest BCUT2D eigenvalue weighted by molar-refractivity contribution is 0.598. The number of primary sulfonamides is 1. The van der Waals surface area contributed by atoms with Gasteiger partial charge in [-0.2, -0.15) is 5.26 Å². The van der Waals surface area contributed by atoms with E-state index in [1.54, 1.807) is 6.92 Å². The van der Waals surface area contributed by atoms with Crippen LogP contribution in [0.3, 0.4) is 0 Å². The van der Waals surface area contributed by atoms with Crippen molar-refractivity contribution in [3.63, 3.8) is 0 Å². The molecule has 2 aromatic rings. The summed E-state index contributed by atoms with van der Waals surface area (Å²) in [6.45, 7) is 1.54. The van der Waals surface area contributed by atoms with E-state index in [1.807, 2.05) is 6.07 Å². The Morgan fingerprint density at radius 3 is 2.26 bits per heavy atom. The first kappa shape index (κ1) is 17.0. The van der Waals surface area contributed by atoms with E-state index >= 15 is 0 Å². The molecule has 0 saturated heterocycles. The Kier molecular flexibility index (Phi) is 4.42. The molecule has 0 bridgehead atoms. The number of aryl methyl sites for hydroxylation is 1. The maximum atomic E-state index is 12.5. The first-order valence-corrected chi connectivity index (χ1v) is 9.33. The van der Waals surface area contributed by atoms with E-state index in [9.17, 15) is 16.8 Å². The normalized spacial score (nSPS) is 11.7. The lowest BCUT2D eigenvalue weighted by atomic mass is 10.2. The smallest absolute Gasteiger partial charge is 0.262 e. The molecule has 0 aliphatic heterocycles. The zero-order chi connectivity index (χ0) is 17.3. The minimum Gasteiger partial charge on any atom is -0.278 e. The van der Waals surface area contributed by atoms with Crippen LogP contribution < -0.4 is 9.86 Å². The third-order valence-electron chi connectivity index (χ3n) is 3.03. The number of nitrogens with zero attached hydrogens (tertiary/aromatic N) is 1. The Labute approximate surface area is 134 Å². The maximum Gasteiger partial charge on any atom is 0.262 e. The highest BCUT2D eigenvalue weighted by Crippen LogP contribution is 2.24. The van der Waals surface area contributed by atoms with E-state index in [0.717, 1.165) is 0 Å². The number of nitriles is 1. The van der Waals surface area contributed by atoms with Crippen LogP contribution in [0.5, 0.6) is 0 Å². The first-order chi connectivity index (χ1) is 10.6. The van der Waals surface area contributed by atoms with Gasteiger partial charge in [0.25, 0.3) is 10.0 Å². The van der Waals surface area contributed by atoms with Crippen molar-refractivity contribution in [2.45, 2.75) is 16.7 Å². The number of rotatable bonds is 4. The topological polar surface area (TPSA) is 130 Å². The number of hydrogen-bond donors (Lipinski definition) is 2. The molecule has 9 heteroatoms. The van der Waals surface area contributed by atoms with Crippen molar-refractivity contribution < 1.29 is 16.8 Å². The van der Waals surface area contributed by atoms with Gasteiger partial charge in [0, 0.05) is 0 Å². The number of anilines is 1. The molecular weight excluding hydrogens is 338 g/mol. The molecule has 0 amide bonds. The summed E-state index contributed by atoms with van der Waals surface area (Å²) in [6.07, 6.45) is 0. The van der Waals surface area contributed by atoms with Gasteiger partial charge < -0.3 is 0 Å². The Hall–Kier alpha value is -2.41. The third-order valence-corrected chi connectivity index (χ3v) is 5.53. The second-order valence-corrected chi connectivity index (χ2v) is 7.92. The van der Waals surface area contributed by atoms with Gasteiger partial charge in [0.05, 0.1) is 22.2 Å². The highest BCUT2D eigenvalue weighted by Gasteiger charge is 2.21. The molecule has 0 saturated carbocycles. The molecule has 0 aliphatic rings. The van der Waals surface area contributed by atoms with Gasteiger partial charge in [-0.1, -0.05) is 12.1 Å². The summed E-state index contributed by atoms with van der Waals surface area (Å²) < 4.78 is 50.2. The van der Waals surface area contributed by atoms with Crippen molar-refractivity contribution in [1.82, 2.24) is 0 Å². The van der Waals surface area contributed by atoms with Crippen LogP contribution in [0.15, 0.2) is 52.3 Å². The van der Waals surface area contributed by atoms with Crippen molar-refractivity contribution in [1.29, 1.82) is 5.26 Å². The van der Waals surface area contributed by atoms with Gasteiger partial charge in [-0.05, 0) is 42.8 Å². The highest BCUT2D eigenvalue weighted by molar-refractivity contribution is 7.93. The number of benzene rings is 2. The standard InChI is InChI=1S/C14H13N3O4S2/c1-10-8-11(9-15)6-7-13(10)23(20,21)17-12-4-2-3-5-14(12)22(16,18)19/h2-8,17H,1H3,(H2,16,18,19). The van der Waals surface area contributed by atoms with E-state index in [4.69, 9.17) is 10.4 Å². The molecule has 0 fully saturated rings. The number of nitrogens with two attached hydrogens (primary N) is 1. The van der Waals surface area contributed by atoms with Crippen LogP contribution in [0.2, 0.25) is 0 Å². The minimum absolute atomic E-state index is 0.0549. The third kappa shape index (κ3) is 3.68. The van der Waals surface area contributed by atoms with E-state index < -0.39 is 20.0 Å². The SMILES string of the molecule is Cc1cc(C#N)ccc1S(=O)(=O)Nc1ccccc1S(N)(=O)=O. The Morgan fingerprint density at radius 1 is 1.04 bits per heavy atom. The summed E-state index contributed by atoms with van der Waals surface area (Å²) in [6, 6.07) is 11.4. The van der Waals surface area contributed by atoms with Crippen LogP contribution in [0.4, 0.5) is 5.69 Å². The van der Waals surface area contributed by atoms with Crippen molar-refractivity contribution in [2.24, 2.45) is 5.14 Å². The van der Waals surface area contributed by atoms with Crippen LogP contribution in [0.1, 0.15) is 11.1 Å². The van der Waals surface area contributed by atoms with Crippen LogP contribution in [-0.4, -0.2) is 16.8 Å². The van der Waals surface area contributed by atoms with Gasteiger partial charge in [0.1, 0.15) is 4.90 Å². The molecule has 120 valence electrons. The fraction of sp³-hybridized carbons (Fsp3) is 0.0714. The summed E-state index contributed by atoms with van der Waals surface area (Å²) >= 11 is 0. The summed E-state index contributed by atoms with van der Waals surface area (Å²) in [4.78, 5) is -0.379. The Balaban J connectivity index is 2.51. The van der Waals surface area contributed by atoms with Crippen molar-refractivity contribution >= 4 is 25.7 Å². The molecule has 0 radical (unpaired) electrons. The van der Waals surface area contributed by atoms with Crippen LogP contribution in [-0.2, 0) is 20.0 Å². The molecule has 23 heavy (non-hydrogen) atoms. The monoisotopic (exact) mass is 351 g/mol. The van der Waals surface area contributed by atoms with Crippen molar-refractivity contribution in [3.8, 4) is 6.07 Å².